The topological polar surface area (TPSA) is 123 Å². The molecule has 2 atom stereocenters. The standard InChI is InChI=1S/C14H28NO8P/c1-5-13(16)20-9-12(23-14(17)8-11(2)3)10-22-24(18,19-4)21-7-6-15/h11-12H,5-10,15H2,1-4H3. The Bertz CT molecular complexity index is 429. The van der Waals surface area contributed by atoms with Crippen LogP contribution in [-0.2, 0) is 37.2 Å². The van der Waals surface area contributed by atoms with Gasteiger partial charge >= 0.3 is 19.8 Å². The third kappa shape index (κ3) is 10.7. The predicted molar refractivity (Wildman–Crippen MR) is 86.2 cm³/mol. The molecule has 0 saturated heterocycles. The molecule has 0 rings (SSSR count). The molecule has 24 heavy (non-hydrogen) atoms. The van der Waals surface area contributed by atoms with Crippen LogP contribution < -0.4 is 5.73 Å². The van der Waals surface area contributed by atoms with Gasteiger partial charge in [-0.05, 0) is 5.92 Å². The number of ether oxygens (including phenoxy) is 2. The minimum Gasteiger partial charge on any atom is -0.462 e. The molecule has 0 aliphatic rings. The third-order valence-corrected chi connectivity index (χ3v) is 4.01. The first-order valence-electron chi connectivity index (χ1n) is 7.76. The summed E-state index contributed by atoms with van der Waals surface area (Å²) in [5, 5.41) is 0. The summed E-state index contributed by atoms with van der Waals surface area (Å²) in [6.07, 6.45) is -0.537. The molecule has 0 fully saturated rings. The number of carbonyl (C=O) groups is 2. The molecule has 0 amide bonds. The normalized spacial score (nSPS) is 14.9. The summed E-state index contributed by atoms with van der Waals surface area (Å²) in [4.78, 5) is 23.0. The van der Waals surface area contributed by atoms with Gasteiger partial charge in [-0.25, -0.2) is 4.57 Å². The van der Waals surface area contributed by atoms with Crippen LogP contribution in [0.1, 0.15) is 33.6 Å². The molecule has 0 aromatic heterocycles. The van der Waals surface area contributed by atoms with Gasteiger partial charge in [0.15, 0.2) is 6.10 Å². The smallest absolute Gasteiger partial charge is 0.462 e. The summed E-state index contributed by atoms with van der Waals surface area (Å²) in [6.45, 7) is 4.96. The number of phosphoric acid groups is 1. The number of phosphoric ester groups is 1. The van der Waals surface area contributed by atoms with Crippen LogP contribution in [0.3, 0.4) is 0 Å². The minimum atomic E-state index is -3.81. The molecule has 142 valence electrons. The molecule has 0 aromatic rings. The van der Waals surface area contributed by atoms with Gasteiger partial charge in [-0.15, -0.1) is 0 Å². The molecule has 0 radical (unpaired) electrons. The van der Waals surface area contributed by atoms with Gasteiger partial charge in [0.2, 0.25) is 0 Å². The number of esters is 2. The Kier molecular flexibility index (Phi) is 11.9. The van der Waals surface area contributed by atoms with Gasteiger partial charge in [-0.1, -0.05) is 20.8 Å². The van der Waals surface area contributed by atoms with Crippen molar-refractivity contribution in [1.82, 2.24) is 0 Å². The highest BCUT2D eigenvalue weighted by Gasteiger charge is 2.28. The van der Waals surface area contributed by atoms with Gasteiger partial charge in [-0.2, -0.15) is 0 Å². The molecule has 10 heteroatoms. The maximum atomic E-state index is 12.1. The third-order valence-electron chi connectivity index (χ3n) is 2.60. The average molecular weight is 369 g/mol. The fraction of sp³-hybridized carbons (Fsp3) is 0.857. The van der Waals surface area contributed by atoms with Crippen LogP contribution in [-0.4, -0.2) is 51.5 Å². The second-order valence-electron chi connectivity index (χ2n) is 5.29. The molecule has 0 saturated carbocycles. The SMILES string of the molecule is CCC(=O)OCC(COP(=O)(OC)OCCN)OC(=O)CC(C)C. The van der Waals surface area contributed by atoms with Crippen molar-refractivity contribution in [2.24, 2.45) is 11.7 Å². The van der Waals surface area contributed by atoms with E-state index in [0.717, 1.165) is 7.11 Å². The van der Waals surface area contributed by atoms with E-state index < -0.39 is 25.9 Å². The molecular formula is C14H28NO8P. The van der Waals surface area contributed by atoms with Gasteiger partial charge in [-0.3, -0.25) is 23.2 Å². The van der Waals surface area contributed by atoms with Crippen LogP contribution in [0.25, 0.3) is 0 Å². The van der Waals surface area contributed by atoms with Crippen LogP contribution in [0.15, 0.2) is 0 Å². The van der Waals surface area contributed by atoms with Crippen LogP contribution in [0.2, 0.25) is 0 Å². The zero-order valence-corrected chi connectivity index (χ0v) is 15.6. The Morgan fingerprint density at radius 3 is 2.29 bits per heavy atom. The lowest BCUT2D eigenvalue weighted by Gasteiger charge is -2.21. The molecule has 0 bridgehead atoms. The van der Waals surface area contributed by atoms with Gasteiger partial charge in [0.25, 0.3) is 0 Å². The van der Waals surface area contributed by atoms with Gasteiger partial charge in [0, 0.05) is 26.5 Å². The van der Waals surface area contributed by atoms with Crippen molar-refractivity contribution < 1.29 is 37.2 Å². The lowest BCUT2D eigenvalue weighted by molar-refractivity contribution is -0.161. The first-order valence-corrected chi connectivity index (χ1v) is 9.22. The van der Waals surface area contributed by atoms with Crippen molar-refractivity contribution in [2.75, 3.05) is 33.5 Å². The molecule has 9 nitrogen and oxygen atoms in total. The van der Waals surface area contributed by atoms with Crippen molar-refractivity contribution in [2.45, 2.75) is 39.7 Å². The largest absolute Gasteiger partial charge is 0.474 e. The average Bonchev–Trinajstić information content (AvgIpc) is 2.54. The molecule has 0 aromatic carbocycles. The highest BCUT2D eigenvalue weighted by molar-refractivity contribution is 7.48. The van der Waals surface area contributed by atoms with E-state index in [-0.39, 0.29) is 45.1 Å². The fourth-order valence-corrected chi connectivity index (χ4v) is 2.42. The summed E-state index contributed by atoms with van der Waals surface area (Å²) in [7, 11) is -2.65. The Balaban J connectivity index is 4.69. The zero-order valence-electron chi connectivity index (χ0n) is 14.7. The van der Waals surface area contributed by atoms with Gasteiger partial charge < -0.3 is 15.2 Å². The number of nitrogens with two attached hydrogens (primary N) is 1. The van der Waals surface area contributed by atoms with E-state index in [4.69, 9.17) is 28.8 Å². The second kappa shape index (κ2) is 12.4. The Morgan fingerprint density at radius 1 is 1.12 bits per heavy atom. The van der Waals surface area contributed by atoms with E-state index >= 15 is 0 Å². The Morgan fingerprint density at radius 2 is 1.79 bits per heavy atom. The summed E-state index contributed by atoms with van der Waals surface area (Å²) in [5.74, 6) is -0.814. The summed E-state index contributed by atoms with van der Waals surface area (Å²) < 4.78 is 37.0. The monoisotopic (exact) mass is 369 g/mol. The zero-order chi connectivity index (χ0) is 18.6. The lowest BCUT2D eigenvalue weighted by Crippen LogP contribution is -2.30. The number of carbonyl (C=O) groups excluding carboxylic acids is 2. The summed E-state index contributed by atoms with van der Waals surface area (Å²) in [5.41, 5.74) is 5.27. The van der Waals surface area contributed by atoms with Gasteiger partial charge in [0.1, 0.15) is 6.61 Å². The van der Waals surface area contributed by atoms with E-state index in [1.807, 2.05) is 13.8 Å². The molecule has 0 aliphatic heterocycles. The second-order valence-corrected chi connectivity index (χ2v) is 7.07. The van der Waals surface area contributed by atoms with Crippen LogP contribution in [0.4, 0.5) is 0 Å². The molecule has 0 aliphatic carbocycles. The molecule has 2 unspecified atom stereocenters. The molecule has 0 heterocycles. The minimum absolute atomic E-state index is 0.0201. The first-order chi connectivity index (χ1) is 11.3. The maximum absolute atomic E-state index is 12.1. The van der Waals surface area contributed by atoms with Crippen molar-refractivity contribution in [1.29, 1.82) is 0 Å². The fourth-order valence-electron chi connectivity index (χ4n) is 1.45. The van der Waals surface area contributed by atoms with Crippen molar-refractivity contribution in [3.8, 4) is 0 Å². The summed E-state index contributed by atoms with van der Waals surface area (Å²) in [6, 6.07) is 0. The van der Waals surface area contributed by atoms with Gasteiger partial charge in [0.05, 0.1) is 13.2 Å². The molecular weight excluding hydrogens is 341 g/mol. The van der Waals surface area contributed by atoms with Crippen molar-refractivity contribution in [3.05, 3.63) is 0 Å². The quantitative estimate of drug-likeness (QED) is 0.381. The number of hydrogen-bond donors (Lipinski definition) is 1. The van der Waals surface area contributed by atoms with Crippen LogP contribution in [0.5, 0.6) is 0 Å². The highest BCUT2D eigenvalue weighted by Crippen LogP contribution is 2.48. The van der Waals surface area contributed by atoms with E-state index in [1.54, 1.807) is 6.92 Å². The molecule has 0 spiro atoms. The summed E-state index contributed by atoms with van der Waals surface area (Å²) >= 11 is 0. The molecule has 2 N–H and O–H groups in total. The first kappa shape index (κ1) is 23.0. The number of rotatable bonds is 13. The highest BCUT2D eigenvalue weighted by atomic mass is 31.2. The Labute approximate surface area is 142 Å². The van der Waals surface area contributed by atoms with Crippen molar-refractivity contribution in [3.63, 3.8) is 0 Å². The van der Waals surface area contributed by atoms with E-state index in [0.29, 0.717) is 0 Å². The van der Waals surface area contributed by atoms with E-state index in [1.165, 1.54) is 0 Å². The number of hydrogen-bond acceptors (Lipinski definition) is 9. The predicted octanol–water partition coefficient (Wildman–Crippen LogP) is 1.64. The Hall–Kier alpha value is -0.990. The van der Waals surface area contributed by atoms with Crippen LogP contribution in [0, 0.1) is 5.92 Å². The van der Waals surface area contributed by atoms with Crippen molar-refractivity contribution >= 4 is 19.8 Å². The van der Waals surface area contributed by atoms with E-state index in [9.17, 15) is 14.2 Å². The maximum Gasteiger partial charge on any atom is 0.474 e. The van der Waals surface area contributed by atoms with E-state index in [2.05, 4.69) is 0 Å². The lowest BCUT2D eigenvalue weighted by atomic mass is 10.1. The van der Waals surface area contributed by atoms with Crippen LogP contribution >= 0.6 is 7.82 Å².